The first-order valence-corrected chi connectivity index (χ1v) is 8.71. The van der Waals surface area contributed by atoms with Gasteiger partial charge in [0.05, 0.1) is 16.5 Å². The summed E-state index contributed by atoms with van der Waals surface area (Å²) in [5.41, 5.74) is 4.37. The second kappa shape index (κ2) is 5.20. The molecule has 118 valence electrons. The Balaban J connectivity index is 1.87. The summed E-state index contributed by atoms with van der Waals surface area (Å²) in [5, 5.41) is 17.0. The molecule has 1 aromatic carbocycles. The first-order chi connectivity index (χ1) is 11.1. The van der Waals surface area contributed by atoms with E-state index in [2.05, 4.69) is 35.8 Å². The smallest absolute Gasteiger partial charge is 0.274 e. The highest BCUT2D eigenvalue weighted by Gasteiger charge is 2.40. The average molecular weight is 326 g/mol. The van der Waals surface area contributed by atoms with E-state index in [-0.39, 0.29) is 16.7 Å². The number of aryl methyl sites for hydroxylation is 1. The molecule has 2 heterocycles. The number of anilines is 1. The van der Waals surface area contributed by atoms with E-state index < -0.39 is 0 Å². The number of nitro groups is 1. The van der Waals surface area contributed by atoms with Gasteiger partial charge in [-0.2, -0.15) is 0 Å². The Morgan fingerprint density at radius 2 is 2.13 bits per heavy atom. The lowest BCUT2D eigenvalue weighted by Gasteiger charge is -2.37. The van der Waals surface area contributed by atoms with E-state index >= 15 is 0 Å². The van der Waals surface area contributed by atoms with Gasteiger partial charge >= 0.3 is 0 Å². The fourth-order valence-electron chi connectivity index (χ4n) is 3.96. The molecule has 3 atom stereocenters. The van der Waals surface area contributed by atoms with Crippen LogP contribution >= 0.6 is 11.3 Å². The van der Waals surface area contributed by atoms with Crippen LogP contribution in [0.1, 0.15) is 39.9 Å². The predicted molar refractivity (Wildman–Crippen MR) is 93.2 cm³/mol. The average Bonchev–Trinajstić information content (AvgIpc) is 3.15. The Bertz CT molecular complexity index is 824. The number of allylic oxidation sites excluding steroid dienone is 2. The Morgan fingerprint density at radius 3 is 2.83 bits per heavy atom. The summed E-state index contributed by atoms with van der Waals surface area (Å²) in [6.45, 7) is 3.99. The normalized spacial score (nSPS) is 24.9. The quantitative estimate of drug-likeness (QED) is 0.474. The van der Waals surface area contributed by atoms with Gasteiger partial charge < -0.3 is 5.32 Å². The van der Waals surface area contributed by atoms with Gasteiger partial charge in [0.1, 0.15) is 0 Å². The third kappa shape index (κ3) is 2.10. The molecule has 0 fully saturated rings. The molecule has 0 saturated carbocycles. The van der Waals surface area contributed by atoms with Crippen LogP contribution < -0.4 is 5.32 Å². The van der Waals surface area contributed by atoms with Crippen molar-refractivity contribution in [1.29, 1.82) is 0 Å². The first-order valence-electron chi connectivity index (χ1n) is 7.83. The summed E-state index contributed by atoms with van der Waals surface area (Å²) in [6, 6.07) is 5.95. The maximum Gasteiger partial charge on any atom is 0.274 e. The summed E-state index contributed by atoms with van der Waals surface area (Å²) >= 11 is 1.77. The van der Waals surface area contributed by atoms with E-state index in [1.165, 1.54) is 16.0 Å². The number of thiophene rings is 1. The molecular weight excluding hydrogens is 308 g/mol. The second-order valence-corrected chi connectivity index (χ2v) is 7.32. The molecule has 1 aromatic heterocycles. The van der Waals surface area contributed by atoms with Crippen molar-refractivity contribution in [2.45, 2.75) is 32.2 Å². The van der Waals surface area contributed by atoms with Crippen molar-refractivity contribution in [1.82, 2.24) is 0 Å². The maximum absolute atomic E-state index is 11.3. The zero-order valence-corrected chi connectivity index (χ0v) is 13.9. The van der Waals surface area contributed by atoms with Crippen molar-refractivity contribution in [2.75, 3.05) is 5.32 Å². The van der Waals surface area contributed by atoms with Gasteiger partial charge in [0, 0.05) is 22.5 Å². The molecule has 0 radical (unpaired) electrons. The highest BCUT2D eigenvalue weighted by molar-refractivity contribution is 7.10. The molecule has 1 aliphatic carbocycles. The number of nitrogens with one attached hydrogen (secondary N) is 1. The minimum atomic E-state index is -0.292. The molecule has 0 amide bonds. The van der Waals surface area contributed by atoms with Crippen molar-refractivity contribution in [3.05, 3.63) is 67.4 Å². The van der Waals surface area contributed by atoms with Gasteiger partial charge in [-0.1, -0.05) is 12.2 Å². The van der Waals surface area contributed by atoms with E-state index in [0.29, 0.717) is 11.8 Å². The van der Waals surface area contributed by atoms with E-state index in [0.717, 1.165) is 17.7 Å². The molecule has 1 aliphatic heterocycles. The molecule has 23 heavy (non-hydrogen) atoms. The highest BCUT2D eigenvalue weighted by atomic mass is 32.1. The van der Waals surface area contributed by atoms with Crippen LogP contribution in [0.2, 0.25) is 0 Å². The van der Waals surface area contributed by atoms with Crippen molar-refractivity contribution in [2.24, 2.45) is 5.92 Å². The van der Waals surface area contributed by atoms with Crippen LogP contribution in [0.5, 0.6) is 0 Å². The standard InChI is InChI=1S/C18H18N2O2S/c1-10-8-9-23-18(10)17-13-5-3-4-12(13)14-6-7-15(20(21)22)11(2)16(14)19-17/h3-4,6-9,12-13,17,19H,5H2,1-2H3. The van der Waals surface area contributed by atoms with Gasteiger partial charge in [0.25, 0.3) is 5.69 Å². The molecule has 5 heteroatoms. The zero-order valence-electron chi connectivity index (χ0n) is 13.1. The van der Waals surface area contributed by atoms with Gasteiger partial charge in [-0.25, -0.2) is 0 Å². The van der Waals surface area contributed by atoms with Crippen LogP contribution in [0.3, 0.4) is 0 Å². The molecule has 2 aliphatic rings. The molecule has 4 rings (SSSR count). The van der Waals surface area contributed by atoms with Crippen LogP contribution in [-0.4, -0.2) is 4.92 Å². The molecule has 3 unspecified atom stereocenters. The number of nitrogens with zero attached hydrogens (tertiary/aromatic N) is 1. The molecule has 1 N–H and O–H groups in total. The number of hydrogen-bond acceptors (Lipinski definition) is 4. The fourth-order valence-corrected chi connectivity index (χ4v) is 5.02. The van der Waals surface area contributed by atoms with E-state index in [9.17, 15) is 10.1 Å². The third-order valence-electron chi connectivity index (χ3n) is 5.15. The largest absolute Gasteiger partial charge is 0.376 e. The molecule has 4 nitrogen and oxygen atoms in total. The highest BCUT2D eigenvalue weighted by Crippen LogP contribution is 2.52. The summed E-state index contributed by atoms with van der Waals surface area (Å²) < 4.78 is 0. The minimum absolute atomic E-state index is 0.193. The number of benzene rings is 1. The van der Waals surface area contributed by atoms with Crippen LogP contribution in [-0.2, 0) is 0 Å². The molecule has 2 aromatic rings. The molecule has 0 bridgehead atoms. The minimum Gasteiger partial charge on any atom is -0.376 e. The Hall–Kier alpha value is -2.14. The van der Waals surface area contributed by atoms with Gasteiger partial charge in [0.2, 0.25) is 0 Å². The zero-order chi connectivity index (χ0) is 16.1. The van der Waals surface area contributed by atoms with Crippen LogP contribution in [0.4, 0.5) is 11.4 Å². The SMILES string of the molecule is Cc1ccsc1C1Nc2c(ccc([N+](=O)[O-])c2C)C2C=CCC21. The maximum atomic E-state index is 11.3. The first kappa shape index (κ1) is 14.5. The summed E-state index contributed by atoms with van der Waals surface area (Å²) in [4.78, 5) is 12.3. The van der Waals surface area contributed by atoms with Crippen molar-refractivity contribution in [3.63, 3.8) is 0 Å². The van der Waals surface area contributed by atoms with Gasteiger partial charge in [0.15, 0.2) is 0 Å². The lowest BCUT2D eigenvalue weighted by atomic mass is 9.77. The molecule has 0 spiro atoms. The van der Waals surface area contributed by atoms with Gasteiger partial charge in [-0.15, -0.1) is 11.3 Å². The number of nitro benzene ring substituents is 1. The van der Waals surface area contributed by atoms with Crippen LogP contribution in [0, 0.1) is 29.9 Å². The second-order valence-electron chi connectivity index (χ2n) is 6.37. The predicted octanol–water partition coefficient (Wildman–Crippen LogP) is 5.10. The Kier molecular flexibility index (Phi) is 3.27. The van der Waals surface area contributed by atoms with Crippen molar-refractivity contribution < 1.29 is 4.92 Å². The summed E-state index contributed by atoms with van der Waals surface area (Å²) in [5.74, 6) is 0.831. The Morgan fingerprint density at radius 1 is 1.30 bits per heavy atom. The van der Waals surface area contributed by atoms with Crippen molar-refractivity contribution in [3.8, 4) is 0 Å². The Labute approximate surface area is 139 Å². The van der Waals surface area contributed by atoms with Gasteiger partial charge in [-0.05, 0) is 54.8 Å². The van der Waals surface area contributed by atoms with Crippen LogP contribution in [0.25, 0.3) is 0 Å². The molecule has 0 saturated heterocycles. The number of fused-ring (bicyclic) bond motifs is 3. The summed E-state index contributed by atoms with van der Waals surface area (Å²) in [6.07, 6.45) is 5.57. The van der Waals surface area contributed by atoms with Crippen molar-refractivity contribution >= 4 is 22.7 Å². The van der Waals surface area contributed by atoms with Gasteiger partial charge in [-0.3, -0.25) is 10.1 Å². The lowest BCUT2D eigenvalue weighted by molar-refractivity contribution is -0.385. The third-order valence-corrected chi connectivity index (χ3v) is 6.25. The molecular formula is C18H18N2O2S. The fraction of sp³-hybridized carbons (Fsp3) is 0.333. The van der Waals surface area contributed by atoms with Crippen LogP contribution in [0.15, 0.2) is 35.7 Å². The van der Waals surface area contributed by atoms with E-state index in [4.69, 9.17) is 0 Å². The lowest BCUT2D eigenvalue weighted by Crippen LogP contribution is -2.29. The van der Waals surface area contributed by atoms with E-state index in [1.54, 1.807) is 17.4 Å². The number of rotatable bonds is 2. The summed E-state index contributed by atoms with van der Waals surface area (Å²) in [7, 11) is 0. The number of hydrogen-bond donors (Lipinski definition) is 1. The monoisotopic (exact) mass is 326 g/mol. The van der Waals surface area contributed by atoms with E-state index in [1.807, 2.05) is 13.0 Å². The topological polar surface area (TPSA) is 55.2 Å².